The van der Waals surface area contributed by atoms with Gasteiger partial charge in [-0.2, -0.15) is 5.10 Å². The molecule has 7 nitrogen and oxygen atoms in total. The Hall–Kier alpha value is -1.32. The van der Waals surface area contributed by atoms with Crippen molar-refractivity contribution >= 4 is 35.9 Å². The van der Waals surface area contributed by atoms with Gasteiger partial charge >= 0.3 is 5.97 Å². The summed E-state index contributed by atoms with van der Waals surface area (Å²) in [7, 11) is 1.71. The van der Waals surface area contributed by atoms with Crippen molar-refractivity contribution in [2.24, 2.45) is 4.99 Å². The lowest BCUT2D eigenvalue weighted by molar-refractivity contribution is -0.147. The number of nitrogens with one attached hydrogen (secondary N) is 2. The smallest absolute Gasteiger partial charge is 0.307 e. The maximum Gasteiger partial charge on any atom is 0.307 e. The van der Waals surface area contributed by atoms with E-state index in [1.165, 1.54) is 5.69 Å². The average Bonchev–Trinajstić information content (AvgIpc) is 2.78. The Bertz CT molecular complexity index is 529. The molecule has 0 aliphatic carbocycles. The van der Waals surface area contributed by atoms with Crippen LogP contribution in [-0.4, -0.2) is 48.0 Å². The number of esters is 1. The van der Waals surface area contributed by atoms with E-state index in [1.807, 2.05) is 25.5 Å². The summed E-state index contributed by atoms with van der Waals surface area (Å²) in [4.78, 5) is 15.6. The van der Waals surface area contributed by atoms with E-state index in [4.69, 9.17) is 4.74 Å². The van der Waals surface area contributed by atoms with Crippen LogP contribution >= 0.6 is 24.0 Å². The number of guanidine groups is 1. The molecule has 138 valence electrons. The van der Waals surface area contributed by atoms with Crippen molar-refractivity contribution in [3.05, 3.63) is 17.5 Å². The highest BCUT2D eigenvalue weighted by molar-refractivity contribution is 14.0. The Morgan fingerprint density at radius 3 is 2.54 bits per heavy atom. The minimum Gasteiger partial charge on any atom is -0.463 e. The Morgan fingerprint density at radius 1 is 1.33 bits per heavy atom. The second-order valence-corrected chi connectivity index (χ2v) is 5.72. The van der Waals surface area contributed by atoms with Gasteiger partial charge in [0.25, 0.3) is 0 Å². The van der Waals surface area contributed by atoms with Crippen molar-refractivity contribution < 1.29 is 9.53 Å². The number of hydrogen-bond donors (Lipinski definition) is 2. The molecule has 0 spiro atoms. The molecular formula is C16H30IN5O2. The van der Waals surface area contributed by atoms with Crippen molar-refractivity contribution in [1.29, 1.82) is 0 Å². The zero-order valence-electron chi connectivity index (χ0n) is 15.3. The molecule has 0 fully saturated rings. The van der Waals surface area contributed by atoms with Gasteiger partial charge < -0.3 is 15.4 Å². The lowest BCUT2D eigenvalue weighted by atomic mass is 10.4. The standard InChI is InChI=1S/C16H29N5O2.HI/c1-12(2)23-15(22)7-9-19-16(17-5)18-8-6-10-21-14(4)11-13(3)20-21;/h11-12H,6-10H2,1-5H3,(H2,17,18,19);1H. The highest BCUT2D eigenvalue weighted by atomic mass is 127. The first-order chi connectivity index (χ1) is 10.9. The van der Waals surface area contributed by atoms with E-state index in [0.29, 0.717) is 18.9 Å². The van der Waals surface area contributed by atoms with Gasteiger partial charge in [0.2, 0.25) is 0 Å². The first kappa shape index (κ1) is 22.7. The van der Waals surface area contributed by atoms with E-state index >= 15 is 0 Å². The number of halogens is 1. The Balaban J connectivity index is 0.00000529. The fraction of sp³-hybridized carbons (Fsp3) is 0.688. The molecule has 1 aromatic rings. The highest BCUT2D eigenvalue weighted by Gasteiger charge is 2.06. The Labute approximate surface area is 161 Å². The van der Waals surface area contributed by atoms with Crippen LogP contribution in [0.25, 0.3) is 0 Å². The second-order valence-electron chi connectivity index (χ2n) is 5.72. The van der Waals surface area contributed by atoms with Crippen molar-refractivity contribution in [2.45, 2.75) is 53.2 Å². The fourth-order valence-electron chi connectivity index (χ4n) is 2.16. The number of ether oxygens (including phenoxy) is 1. The number of aromatic nitrogens is 2. The van der Waals surface area contributed by atoms with E-state index < -0.39 is 0 Å². The van der Waals surface area contributed by atoms with Gasteiger partial charge in [0.05, 0.1) is 18.2 Å². The van der Waals surface area contributed by atoms with E-state index in [9.17, 15) is 4.79 Å². The summed E-state index contributed by atoms with van der Waals surface area (Å²) >= 11 is 0. The van der Waals surface area contributed by atoms with Crippen molar-refractivity contribution in [2.75, 3.05) is 20.1 Å². The molecule has 0 radical (unpaired) electrons. The van der Waals surface area contributed by atoms with Gasteiger partial charge in [-0.25, -0.2) is 0 Å². The van der Waals surface area contributed by atoms with Gasteiger partial charge in [-0.15, -0.1) is 24.0 Å². The second kappa shape index (κ2) is 12.1. The van der Waals surface area contributed by atoms with Gasteiger partial charge in [0, 0.05) is 32.4 Å². The molecule has 8 heteroatoms. The monoisotopic (exact) mass is 451 g/mol. The van der Waals surface area contributed by atoms with Crippen LogP contribution in [0.4, 0.5) is 0 Å². The highest BCUT2D eigenvalue weighted by Crippen LogP contribution is 2.02. The predicted molar refractivity (Wildman–Crippen MR) is 107 cm³/mol. The summed E-state index contributed by atoms with van der Waals surface area (Å²) in [5.41, 5.74) is 2.22. The van der Waals surface area contributed by atoms with Crippen LogP contribution in [0.2, 0.25) is 0 Å². The molecule has 0 saturated heterocycles. The number of rotatable bonds is 8. The van der Waals surface area contributed by atoms with E-state index in [-0.39, 0.29) is 36.0 Å². The molecule has 0 aliphatic rings. The summed E-state index contributed by atoms with van der Waals surface area (Å²) in [6.07, 6.45) is 1.19. The van der Waals surface area contributed by atoms with Gasteiger partial charge in [0.15, 0.2) is 5.96 Å². The first-order valence-electron chi connectivity index (χ1n) is 8.07. The Kier molecular flexibility index (Phi) is 11.4. The SMILES string of the molecule is CN=C(NCCCn1nc(C)cc1C)NCCC(=O)OC(C)C.I. The summed E-state index contributed by atoms with van der Waals surface area (Å²) in [6, 6.07) is 2.07. The number of aryl methyl sites for hydroxylation is 3. The molecule has 0 aliphatic heterocycles. The zero-order valence-corrected chi connectivity index (χ0v) is 17.6. The van der Waals surface area contributed by atoms with Crippen LogP contribution in [0.15, 0.2) is 11.1 Å². The summed E-state index contributed by atoms with van der Waals surface area (Å²) < 4.78 is 7.09. The molecule has 2 N–H and O–H groups in total. The van der Waals surface area contributed by atoms with E-state index in [0.717, 1.165) is 25.2 Å². The van der Waals surface area contributed by atoms with Crippen molar-refractivity contribution in [3.8, 4) is 0 Å². The molecule has 1 aromatic heterocycles. The molecule has 0 unspecified atom stereocenters. The molecule has 0 bridgehead atoms. The lowest BCUT2D eigenvalue weighted by Gasteiger charge is -2.12. The number of carbonyl (C=O) groups is 1. The van der Waals surface area contributed by atoms with Crippen LogP contribution in [0.3, 0.4) is 0 Å². The molecule has 1 rings (SSSR count). The topological polar surface area (TPSA) is 80.5 Å². The minimum absolute atomic E-state index is 0. The third kappa shape index (κ3) is 9.09. The predicted octanol–water partition coefficient (Wildman–Crippen LogP) is 2.01. The largest absolute Gasteiger partial charge is 0.463 e. The van der Waals surface area contributed by atoms with Gasteiger partial charge in [-0.05, 0) is 40.2 Å². The van der Waals surface area contributed by atoms with Crippen molar-refractivity contribution in [3.63, 3.8) is 0 Å². The minimum atomic E-state index is -0.201. The summed E-state index contributed by atoms with van der Waals surface area (Å²) in [6.45, 7) is 9.90. The average molecular weight is 451 g/mol. The number of aliphatic imine (C=N–C) groups is 1. The molecule has 0 amide bonds. The number of hydrogen-bond acceptors (Lipinski definition) is 4. The fourth-order valence-corrected chi connectivity index (χ4v) is 2.16. The first-order valence-corrected chi connectivity index (χ1v) is 8.07. The molecule has 0 saturated carbocycles. The van der Waals surface area contributed by atoms with Crippen molar-refractivity contribution in [1.82, 2.24) is 20.4 Å². The molecular weight excluding hydrogens is 421 g/mol. The third-order valence-corrected chi connectivity index (χ3v) is 3.15. The van der Waals surface area contributed by atoms with Crippen LogP contribution in [0, 0.1) is 13.8 Å². The van der Waals surface area contributed by atoms with E-state index in [2.05, 4.69) is 33.7 Å². The van der Waals surface area contributed by atoms with Gasteiger partial charge in [0.1, 0.15) is 0 Å². The lowest BCUT2D eigenvalue weighted by Crippen LogP contribution is -2.39. The van der Waals surface area contributed by atoms with Gasteiger partial charge in [-0.3, -0.25) is 14.5 Å². The van der Waals surface area contributed by atoms with E-state index in [1.54, 1.807) is 7.05 Å². The Morgan fingerprint density at radius 2 is 2.00 bits per heavy atom. The summed E-state index contributed by atoms with van der Waals surface area (Å²) in [5, 5.41) is 10.8. The number of carbonyl (C=O) groups excluding carboxylic acids is 1. The molecule has 24 heavy (non-hydrogen) atoms. The normalized spacial score (nSPS) is 11.2. The molecule has 0 atom stereocenters. The van der Waals surface area contributed by atoms with Crippen LogP contribution < -0.4 is 10.6 Å². The van der Waals surface area contributed by atoms with Crippen LogP contribution in [-0.2, 0) is 16.1 Å². The van der Waals surface area contributed by atoms with Gasteiger partial charge in [-0.1, -0.05) is 0 Å². The quantitative estimate of drug-likeness (QED) is 0.208. The zero-order chi connectivity index (χ0) is 17.2. The maximum atomic E-state index is 11.4. The van der Waals surface area contributed by atoms with Crippen LogP contribution in [0.1, 0.15) is 38.1 Å². The molecule has 1 heterocycles. The number of nitrogens with zero attached hydrogens (tertiary/aromatic N) is 3. The molecule has 0 aromatic carbocycles. The maximum absolute atomic E-state index is 11.4. The van der Waals surface area contributed by atoms with Crippen LogP contribution in [0.5, 0.6) is 0 Å². The summed E-state index contributed by atoms with van der Waals surface area (Å²) in [5.74, 6) is 0.489. The third-order valence-electron chi connectivity index (χ3n) is 3.15.